The Balaban J connectivity index is 1.99. The fourth-order valence-corrected chi connectivity index (χ4v) is 4.55. The van der Waals surface area contributed by atoms with Gasteiger partial charge < -0.3 is 4.31 Å². The summed E-state index contributed by atoms with van der Waals surface area (Å²) in [6.45, 7) is 0.745. The average molecular weight is 413 g/mol. The van der Waals surface area contributed by atoms with Gasteiger partial charge in [0.2, 0.25) is 8.35 Å². The van der Waals surface area contributed by atoms with Crippen LogP contribution in [0.4, 0.5) is 5.69 Å². The van der Waals surface area contributed by atoms with Crippen LogP contribution in [0.25, 0.3) is 0 Å². The zero-order valence-corrected chi connectivity index (χ0v) is 14.4. The van der Waals surface area contributed by atoms with Gasteiger partial charge in [-0.3, -0.25) is 4.79 Å². The molecule has 2 aromatic carbocycles. The van der Waals surface area contributed by atoms with Crippen LogP contribution in [0.2, 0.25) is 0 Å². The number of rotatable bonds is 2. The van der Waals surface area contributed by atoms with E-state index < -0.39 is 2.57 Å². The van der Waals surface area contributed by atoms with Crippen molar-refractivity contribution in [3.8, 4) is 0 Å². The van der Waals surface area contributed by atoms with Crippen LogP contribution in [0, 0.1) is 0 Å². The lowest BCUT2D eigenvalue weighted by Crippen LogP contribution is -2.34. The first-order valence-corrected chi connectivity index (χ1v) is 8.46. The fraction of sp³-hybridized carbons (Fsp3) is 0.133. The number of Topliss-reactive ketones (excluding diaryl/α,β-unsaturated/α-hetero) is 1. The molecule has 2 aromatic rings. The van der Waals surface area contributed by atoms with Gasteiger partial charge in [-0.1, -0.05) is 42.5 Å². The minimum absolute atomic E-state index is 0.0439. The van der Waals surface area contributed by atoms with Gasteiger partial charge in [-0.2, -0.15) is 0 Å². The van der Waals surface area contributed by atoms with E-state index in [-0.39, 0.29) is 5.78 Å². The van der Waals surface area contributed by atoms with Crippen LogP contribution < -0.4 is 4.31 Å². The monoisotopic (exact) mass is 411 g/mol. The van der Waals surface area contributed by atoms with E-state index in [1.54, 1.807) is 0 Å². The molecule has 0 bridgehead atoms. The van der Waals surface area contributed by atoms with Crippen LogP contribution in [-0.2, 0) is 6.54 Å². The number of nitrogens with zero attached hydrogens (tertiary/aromatic N) is 1. The molecule has 1 heterocycles. The third-order valence-electron chi connectivity index (χ3n) is 3.08. The molecule has 0 aliphatic carbocycles. The van der Waals surface area contributed by atoms with Gasteiger partial charge >= 0.3 is 0 Å². The maximum atomic E-state index is 12.4. The highest BCUT2D eigenvalue weighted by atomic mass is 79.9. The smallest absolute Gasteiger partial charge is 0.207 e. The van der Waals surface area contributed by atoms with E-state index in [2.05, 4.69) is 48.3 Å². The van der Waals surface area contributed by atoms with E-state index in [0.29, 0.717) is 0 Å². The minimum atomic E-state index is -0.789. The van der Waals surface area contributed by atoms with E-state index in [1.165, 1.54) is 17.5 Å². The van der Waals surface area contributed by atoms with E-state index in [0.717, 1.165) is 17.8 Å². The highest BCUT2D eigenvalue weighted by molar-refractivity contribution is 9.28. The van der Waals surface area contributed by atoms with Crippen LogP contribution in [0.5, 0.6) is 0 Å². The summed E-state index contributed by atoms with van der Waals surface area (Å²) in [7, 11) is 0. The van der Waals surface area contributed by atoms with Crippen LogP contribution in [0.1, 0.15) is 15.9 Å². The van der Waals surface area contributed by atoms with Gasteiger partial charge in [-0.15, -0.1) is 0 Å². The number of alkyl halides is 2. The molecule has 0 saturated carbocycles. The molecule has 0 radical (unpaired) electrons. The number of hydrogen-bond acceptors (Lipinski definition) is 3. The Morgan fingerprint density at radius 1 is 1.00 bits per heavy atom. The van der Waals surface area contributed by atoms with Crippen molar-refractivity contribution < 1.29 is 4.79 Å². The zero-order valence-electron chi connectivity index (χ0n) is 10.4. The Labute approximate surface area is 138 Å². The summed E-state index contributed by atoms with van der Waals surface area (Å²) in [4.78, 5) is 12.4. The minimum Gasteiger partial charge on any atom is -0.309 e. The van der Waals surface area contributed by atoms with Gasteiger partial charge in [-0.05, 0) is 61.5 Å². The predicted octanol–water partition coefficient (Wildman–Crippen LogP) is 4.98. The van der Waals surface area contributed by atoms with Crippen molar-refractivity contribution in [2.24, 2.45) is 0 Å². The lowest BCUT2D eigenvalue weighted by atomic mass is 10.1. The molecule has 5 heteroatoms. The fourth-order valence-electron chi connectivity index (χ4n) is 2.14. The number of para-hydroxylation sites is 1. The molecular formula is C15H11Br2NOS. The van der Waals surface area contributed by atoms with Crippen LogP contribution in [0.3, 0.4) is 0 Å². The number of benzene rings is 2. The summed E-state index contributed by atoms with van der Waals surface area (Å²) in [5, 5.41) is 0. The molecular weight excluding hydrogens is 402 g/mol. The van der Waals surface area contributed by atoms with Crippen LogP contribution >= 0.6 is 43.8 Å². The average Bonchev–Trinajstić information content (AvgIpc) is 2.45. The van der Waals surface area contributed by atoms with Crippen molar-refractivity contribution in [1.82, 2.24) is 0 Å². The number of hydrogen-bond donors (Lipinski definition) is 0. The second kappa shape index (κ2) is 5.54. The van der Waals surface area contributed by atoms with Crippen molar-refractivity contribution in [2.45, 2.75) is 9.11 Å². The third-order valence-corrected chi connectivity index (χ3v) is 5.63. The molecule has 0 spiro atoms. The molecule has 0 atom stereocenters. The summed E-state index contributed by atoms with van der Waals surface area (Å²) in [5.41, 5.74) is 2.90. The highest BCUT2D eigenvalue weighted by Crippen LogP contribution is 2.51. The Hall–Kier alpha value is -0.780. The lowest BCUT2D eigenvalue weighted by molar-refractivity contribution is 0.100. The normalized spacial score (nSPS) is 16.9. The van der Waals surface area contributed by atoms with Crippen molar-refractivity contribution in [3.05, 3.63) is 65.7 Å². The standard InChI is InChI=1S/C15H11Br2NOS/c16-15(17)14(19)12-8-4-5-9-13(12)18(20-15)10-11-6-2-1-3-7-11/h1-9H,10H2. The maximum Gasteiger partial charge on any atom is 0.207 e. The van der Waals surface area contributed by atoms with Crippen LogP contribution in [-0.4, -0.2) is 8.35 Å². The molecule has 0 N–H and O–H groups in total. The van der Waals surface area contributed by atoms with Gasteiger partial charge in [0.1, 0.15) is 0 Å². The van der Waals surface area contributed by atoms with E-state index in [1.807, 2.05) is 42.5 Å². The molecule has 102 valence electrons. The number of anilines is 1. The lowest BCUT2D eigenvalue weighted by Gasteiger charge is -2.35. The SMILES string of the molecule is O=C1c2ccccc2N(Cc2ccccc2)SC1(Br)Br. The molecule has 1 aliphatic heterocycles. The Bertz CT molecular complexity index is 645. The van der Waals surface area contributed by atoms with Gasteiger partial charge in [0.25, 0.3) is 0 Å². The Kier molecular flexibility index (Phi) is 3.93. The van der Waals surface area contributed by atoms with Crippen molar-refractivity contribution in [1.29, 1.82) is 0 Å². The van der Waals surface area contributed by atoms with Crippen molar-refractivity contribution in [2.75, 3.05) is 4.31 Å². The molecule has 0 aromatic heterocycles. The van der Waals surface area contributed by atoms with Crippen LogP contribution in [0.15, 0.2) is 54.6 Å². The maximum absolute atomic E-state index is 12.4. The summed E-state index contributed by atoms with van der Waals surface area (Å²) < 4.78 is 1.35. The molecule has 20 heavy (non-hydrogen) atoms. The number of halogens is 2. The summed E-state index contributed by atoms with van der Waals surface area (Å²) in [6.07, 6.45) is 0. The molecule has 2 nitrogen and oxygen atoms in total. The van der Waals surface area contributed by atoms with Gasteiger partial charge in [0, 0.05) is 5.56 Å². The second-order valence-electron chi connectivity index (χ2n) is 4.48. The predicted molar refractivity (Wildman–Crippen MR) is 91.6 cm³/mol. The molecule has 0 unspecified atom stereocenters. The van der Waals surface area contributed by atoms with Crippen molar-refractivity contribution in [3.63, 3.8) is 0 Å². The number of carbonyl (C=O) groups excluding carboxylic acids is 1. The molecule has 0 saturated heterocycles. The topological polar surface area (TPSA) is 20.3 Å². The number of ketones is 1. The molecule has 3 rings (SSSR count). The Morgan fingerprint density at radius 3 is 2.40 bits per heavy atom. The zero-order chi connectivity index (χ0) is 14.2. The largest absolute Gasteiger partial charge is 0.309 e. The summed E-state index contributed by atoms with van der Waals surface area (Å²) >= 11 is 8.39. The second-order valence-corrected chi connectivity index (χ2v) is 10.2. The third kappa shape index (κ3) is 2.67. The van der Waals surface area contributed by atoms with E-state index in [9.17, 15) is 4.79 Å². The first-order chi connectivity index (χ1) is 9.58. The number of carbonyl (C=O) groups is 1. The Morgan fingerprint density at radius 2 is 1.65 bits per heavy atom. The van der Waals surface area contributed by atoms with E-state index in [4.69, 9.17) is 0 Å². The highest BCUT2D eigenvalue weighted by Gasteiger charge is 2.42. The molecule has 1 aliphatic rings. The molecule has 0 amide bonds. The van der Waals surface area contributed by atoms with Gasteiger partial charge in [-0.25, -0.2) is 0 Å². The van der Waals surface area contributed by atoms with Gasteiger partial charge in [0.15, 0.2) is 0 Å². The van der Waals surface area contributed by atoms with Crippen molar-refractivity contribution >= 4 is 55.3 Å². The molecule has 0 fully saturated rings. The van der Waals surface area contributed by atoms with E-state index >= 15 is 0 Å². The summed E-state index contributed by atoms with van der Waals surface area (Å²) in [6, 6.07) is 17.9. The quantitative estimate of drug-likeness (QED) is 0.512. The number of fused-ring (bicyclic) bond motifs is 1. The first-order valence-electron chi connectivity index (χ1n) is 6.10. The first kappa shape index (κ1) is 14.2. The summed E-state index contributed by atoms with van der Waals surface area (Å²) in [5.74, 6) is 0.0439. The van der Waals surface area contributed by atoms with Gasteiger partial charge in [0.05, 0.1) is 12.2 Å².